The van der Waals surface area contributed by atoms with E-state index in [9.17, 15) is 14.4 Å². The first kappa shape index (κ1) is 23.0. The standard InChI is InChI=1S/C22H36N2O6/c1-4-7-12-23-18(26)17-22-11-10-21(5-2,30-22)16(20(28)29-6-3)15(22)19(27)24(17)13-8-9-14-25/h15-17,25H,4-14H2,1-3H3,(H,23,26)/t15-,16-,17?,21+,22?/m0/s1. The minimum absolute atomic E-state index is 0.0326. The molecule has 0 aromatic carbocycles. The molecule has 3 aliphatic rings. The fourth-order valence-electron chi connectivity index (χ4n) is 5.73. The predicted octanol–water partition coefficient (Wildman–Crippen LogP) is 1.39. The van der Waals surface area contributed by atoms with Gasteiger partial charge < -0.3 is 24.8 Å². The van der Waals surface area contributed by atoms with Gasteiger partial charge in [-0.1, -0.05) is 20.3 Å². The molecule has 1 spiro atoms. The van der Waals surface area contributed by atoms with Gasteiger partial charge in [0, 0.05) is 19.7 Å². The molecule has 0 saturated carbocycles. The molecule has 3 heterocycles. The Balaban J connectivity index is 1.96. The van der Waals surface area contributed by atoms with E-state index < -0.39 is 35.0 Å². The monoisotopic (exact) mass is 424 g/mol. The summed E-state index contributed by atoms with van der Waals surface area (Å²) in [6, 6.07) is -0.751. The largest absolute Gasteiger partial charge is 0.466 e. The van der Waals surface area contributed by atoms with Crippen molar-refractivity contribution < 1.29 is 29.0 Å². The maximum atomic E-state index is 13.6. The minimum Gasteiger partial charge on any atom is -0.466 e. The van der Waals surface area contributed by atoms with E-state index >= 15 is 0 Å². The van der Waals surface area contributed by atoms with E-state index in [0.717, 1.165) is 12.8 Å². The highest BCUT2D eigenvalue weighted by Gasteiger charge is 2.78. The van der Waals surface area contributed by atoms with E-state index in [0.29, 0.717) is 45.2 Å². The van der Waals surface area contributed by atoms with Gasteiger partial charge in [0.15, 0.2) is 0 Å². The molecule has 0 radical (unpaired) electrons. The average molecular weight is 425 g/mol. The number of nitrogens with one attached hydrogen (secondary N) is 1. The van der Waals surface area contributed by atoms with Crippen molar-refractivity contribution in [1.29, 1.82) is 0 Å². The van der Waals surface area contributed by atoms with Crippen LogP contribution in [-0.2, 0) is 23.9 Å². The smallest absolute Gasteiger partial charge is 0.312 e. The van der Waals surface area contributed by atoms with Crippen LogP contribution >= 0.6 is 0 Å². The number of likely N-dealkylation sites (tertiary alicyclic amines) is 1. The van der Waals surface area contributed by atoms with E-state index in [1.54, 1.807) is 11.8 Å². The molecule has 0 aromatic rings. The van der Waals surface area contributed by atoms with E-state index in [1.165, 1.54) is 0 Å². The first-order valence-corrected chi connectivity index (χ1v) is 11.5. The van der Waals surface area contributed by atoms with Gasteiger partial charge in [-0.15, -0.1) is 0 Å². The van der Waals surface area contributed by atoms with Gasteiger partial charge in [0.1, 0.15) is 17.6 Å². The predicted molar refractivity (Wildman–Crippen MR) is 109 cm³/mol. The molecule has 3 fully saturated rings. The van der Waals surface area contributed by atoms with Crippen LogP contribution in [0.2, 0.25) is 0 Å². The summed E-state index contributed by atoms with van der Waals surface area (Å²) < 4.78 is 11.9. The van der Waals surface area contributed by atoms with Gasteiger partial charge in [-0.05, 0) is 45.4 Å². The number of carbonyl (C=O) groups excluding carboxylic acids is 3. The summed E-state index contributed by atoms with van der Waals surface area (Å²) in [4.78, 5) is 41.4. The third kappa shape index (κ3) is 3.51. The minimum atomic E-state index is -0.986. The van der Waals surface area contributed by atoms with Gasteiger partial charge in [-0.2, -0.15) is 0 Å². The Bertz CT molecular complexity index is 670. The second kappa shape index (κ2) is 9.22. The Morgan fingerprint density at radius 1 is 1.23 bits per heavy atom. The molecule has 2 bridgehead atoms. The third-order valence-electron chi connectivity index (χ3n) is 7.11. The van der Waals surface area contributed by atoms with Crippen LogP contribution in [0.5, 0.6) is 0 Å². The van der Waals surface area contributed by atoms with E-state index in [-0.39, 0.29) is 25.0 Å². The molecule has 3 rings (SSSR count). The Morgan fingerprint density at radius 2 is 2.00 bits per heavy atom. The summed E-state index contributed by atoms with van der Waals surface area (Å²) in [6.07, 6.45) is 4.77. The summed E-state index contributed by atoms with van der Waals surface area (Å²) in [5, 5.41) is 12.1. The van der Waals surface area contributed by atoms with Crippen LogP contribution < -0.4 is 5.32 Å². The molecule has 2 amide bonds. The number of aliphatic hydroxyl groups excluding tert-OH is 1. The molecular formula is C22H36N2O6. The molecule has 3 saturated heterocycles. The van der Waals surface area contributed by atoms with Crippen molar-refractivity contribution in [2.45, 2.75) is 83.0 Å². The lowest BCUT2D eigenvalue weighted by atomic mass is 9.65. The Labute approximate surface area is 178 Å². The fraction of sp³-hybridized carbons (Fsp3) is 0.864. The topological polar surface area (TPSA) is 105 Å². The van der Waals surface area contributed by atoms with Crippen LogP contribution in [0.4, 0.5) is 0 Å². The van der Waals surface area contributed by atoms with Crippen LogP contribution in [0.15, 0.2) is 0 Å². The number of hydrogen-bond acceptors (Lipinski definition) is 6. The number of unbranched alkanes of at least 4 members (excludes halogenated alkanes) is 2. The van der Waals surface area contributed by atoms with Gasteiger partial charge in [0.05, 0.1) is 18.1 Å². The molecule has 2 unspecified atom stereocenters. The van der Waals surface area contributed by atoms with Crippen molar-refractivity contribution in [3.63, 3.8) is 0 Å². The summed E-state index contributed by atoms with van der Waals surface area (Å²) in [5.41, 5.74) is -1.73. The van der Waals surface area contributed by atoms with Crippen LogP contribution in [0, 0.1) is 11.8 Å². The van der Waals surface area contributed by atoms with Crippen molar-refractivity contribution >= 4 is 17.8 Å². The number of aliphatic hydroxyl groups is 1. The highest BCUT2D eigenvalue weighted by Crippen LogP contribution is 2.64. The van der Waals surface area contributed by atoms with Crippen molar-refractivity contribution in [3.05, 3.63) is 0 Å². The molecule has 0 aliphatic carbocycles. The number of rotatable bonds is 11. The second-order valence-corrected chi connectivity index (χ2v) is 8.69. The van der Waals surface area contributed by atoms with Crippen LogP contribution in [-0.4, -0.2) is 71.3 Å². The number of esters is 1. The molecule has 8 heteroatoms. The molecule has 0 aromatic heterocycles. The molecule has 170 valence electrons. The molecular weight excluding hydrogens is 388 g/mol. The number of fused-ring (bicyclic) bond motifs is 1. The van der Waals surface area contributed by atoms with E-state index in [2.05, 4.69) is 12.2 Å². The van der Waals surface area contributed by atoms with Crippen molar-refractivity contribution in [3.8, 4) is 0 Å². The zero-order chi connectivity index (χ0) is 21.9. The second-order valence-electron chi connectivity index (χ2n) is 8.69. The highest BCUT2D eigenvalue weighted by molar-refractivity contribution is 5.98. The number of carbonyl (C=O) groups is 3. The van der Waals surface area contributed by atoms with Gasteiger partial charge in [-0.25, -0.2) is 0 Å². The van der Waals surface area contributed by atoms with Crippen LogP contribution in [0.3, 0.4) is 0 Å². The van der Waals surface area contributed by atoms with Gasteiger partial charge in [-0.3, -0.25) is 14.4 Å². The van der Waals surface area contributed by atoms with E-state index in [4.69, 9.17) is 14.6 Å². The van der Waals surface area contributed by atoms with E-state index in [1.807, 2.05) is 6.92 Å². The zero-order valence-electron chi connectivity index (χ0n) is 18.4. The normalized spacial score (nSPS) is 34.3. The molecule has 2 N–H and O–H groups in total. The number of hydrogen-bond donors (Lipinski definition) is 2. The Hall–Kier alpha value is -1.67. The highest BCUT2D eigenvalue weighted by atomic mass is 16.6. The number of amides is 2. The zero-order valence-corrected chi connectivity index (χ0v) is 18.4. The van der Waals surface area contributed by atoms with Crippen molar-refractivity contribution in [2.75, 3.05) is 26.3 Å². The van der Waals surface area contributed by atoms with Crippen LogP contribution in [0.25, 0.3) is 0 Å². The summed E-state index contributed by atoms with van der Waals surface area (Å²) in [7, 11) is 0. The first-order valence-electron chi connectivity index (χ1n) is 11.5. The molecule has 8 nitrogen and oxygen atoms in total. The third-order valence-corrected chi connectivity index (χ3v) is 7.11. The van der Waals surface area contributed by atoms with Crippen molar-refractivity contribution in [2.24, 2.45) is 11.8 Å². The van der Waals surface area contributed by atoms with Crippen LogP contribution in [0.1, 0.15) is 65.7 Å². The lowest BCUT2D eigenvalue weighted by Crippen LogP contribution is -2.55. The Morgan fingerprint density at radius 3 is 2.63 bits per heavy atom. The summed E-state index contributed by atoms with van der Waals surface area (Å²) in [5.74, 6) is -2.18. The lowest BCUT2D eigenvalue weighted by molar-refractivity contribution is -0.160. The summed E-state index contributed by atoms with van der Waals surface area (Å²) in [6.45, 7) is 6.95. The quantitative estimate of drug-likeness (QED) is 0.384. The maximum absolute atomic E-state index is 13.6. The molecule has 5 atom stereocenters. The fourth-order valence-corrected chi connectivity index (χ4v) is 5.73. The summed E-state index contributed by atoms with van der Waals surface area (Å²) >= 11 is 0. The average Bonchev–Trinajstić information content (AvgIpc) is 3.32. The SMILES string of the molecule is CCCCNC(=O)C1N(CCCCO)C(=O)[C@@H]2[C@@H](C(=O)OCC)[C@@]3(CC)CCC12O3. The van der Waals surface area contributed by atoms with Gasteiger partial charge in [0.25, 0.3) is 0 Å². The Kier molecular flexibility index (Phi) is 7.07. The van der Waals surface area contributed by atoms with Gasteiger partial charge in [0.2, 0.25) is 11.8 Å². The number of ether oxygens (including phenoxy) is 2. The maximum Gasteiger partial charge on any atom is 0.312 e. The van der Waals surface area contributed by atoms with Gasteiger partial charge >= 0.3 is 5.97 Å². The van der Waals surface area contributed by atoms with Crippen molar-refractivity contribution in [1.82, 2.24) is 10.2 Å². The number of nitrogens with zero attached hydrogens (tertiary/aromatic N) is 1. The first-order chi connectivity index (χ1) is 14.4. The molecule has 30 heavy (non-hydrogen) atoms. The lowest BCUT2D eigenvalue weighted by Gasteiger charge is -2.33. The molecule has 3 aliphatic heterocycles.